The predicted octanol–water partition coefficient (Wildman–Crippen LogP) is 2.24. The van der Waals surface area contributed by atoms with Gasteiger partial charge in [0, 0.05) is 6.07 Å². The molecule has 1 fully saturated rings. The largest absolute Gasteiger partial charge is 0.484 e. The molecule has 0 bridgehead atoms. The zero-order valence-electron chi connectivity index (χ0n) is 10.9. The molecule has 0 amide bonds. The first-order chi connectivity index (χ1) is 9.47. The van der Waals surface area contributed by atoms with Crippen LogP contribution in [0.2, 0.25) is 0 Å². The van der Waals surface area contributed by atoms with Crippen LogP contribution in [0.15, 0.2) is 18.2 Å². The normalized spacial score (nSPS) is 21.6. The SMILES string of the molecule is CC1CCC(COc2ccc(C(=O)O)cc2[N+](=O)[O-])O1. The topological polar surface area (TPSA) is 98.9 Å². The van der Waals surface area contributed by atoms with Crippen molar-refractivity contribution in [3.8, 4) is 5.75 Å². The zero-order valence-corrected chi connectivity index (χ0v) is 10.9. The molecule has 7 heteroatoms. The summed E-state index contributed by atoms with van der Waals surface area (Å²) in [6.45, 7) is 2.18. The Bertz CT molecular complexity index is 530. The summed E-state index contributed by atoms with van der Waals surface area (Å²) in [5.74, 6) is -1.16. The van der Waals surface area contributed by atoms with Crippen molar-refractivity contribution in [3.63, 3.8) is 0 Å². The first kappa shape index (κ1) is 14.3. The van der Waals surface area contributed by atoms with Gasteiger partial charge in [0.25, 0.3) is 0 Å². The molecule has 0 radical (unpaired) electrons. The zero-order chi connectivity index (χ0) is 14.7. The van der Waals surface area contributed by atoms with E-state index in [2.05, 4.69) is 0 Å². The first-order valence-corrected chi connectivity index (χ1v) is 6.27. The molecule has 1 aliphatic rings. The maximum absolute atomic E-state index is 10.9. The lowest BCUT2D eigenvalue weighted by molar-refractivity contribution is -0.386. The minimum Gasteiger partial charge on any atom is -0.484 e. The van der Waals surface area contributed by atoms with Gasteiger partial charge in [0.2, 0.25) is 0 Å². The van der Waals surface area contributed by atoms with Crippen LogP contribution >= 0.6 is 0 Å². The van der Waals surface area contributed by atoms with Crippen molar-refractivity contribution in [2.75, 3.05) is 6.61 Å². The fourth-order valence-electron chi connectivity index (χ4n) is 2.11. The van der Waals surface area contributed by atoms with Crippen LogP contribution in [0.3, 0.4) is 0 Å². The fourth-order valence-corrected chi connectivity index (χ4v) is 2.11. The number of nitrogens with zero attached hydrogens (tertiary/aromatic N) is 1. The summed E-state index contributed by atoms with van der Waals surface area (Å²) in [5, 5.41) is 19.8. The third-order valence-electron chi connectivity index (χ3n) is 3.15. The van der Waals surface area contributed by atoms with Crippen molar-refractivity contribution >= 4 is 11.7 Å². The summed E-state index contributed by atoms with van der Waals surface area (Å²) in [6.07, 6.45) is 1.88. The van der Waals surface area contributed by atoms with Crippen LogP contribution in [0.25, 0.3) is 0 Å². The number of hydrogen-bond donors (Lipinski definition) is 1. The second kappa shape index (κ2) is 5.87. The Morgan fingerprint density at radius 1 is 1.55 bits per heavy atom. The van der Waals surface area contributed by atoms with Crippen molar-refractivity contribution in [2.45, 2.75) is 32.0 Å². The Morgan fingerprint density at radius 2 is 2.30 bits per heavy atom. The average molecular weight is 281 g/mol. The second-order valence-corrected chi connectivity index (χ2v) is 4.70. The first-order valence-electron chi connectivity index (χ1n) is 6.27. The maximum Gasteiger partial charge on any atom is 0.335 e. The Morgan fingerprint density at radius 3 is 2.85 bits per heavy atom. The summed E-state index contributed by atoms with van der Waals surface area (Å²) in [7, 11) is 0. The molecule has 2 atom stereocenters. The smallest absolute Gasteiger partial charge is 0.335 e. The number of ether oxygens (including phenoxy) is 2. The summed E-state index contributed by atoms with van der Waals surface area (Å²) < 4.78 is 11.0. The third-order valence-corrected chi connectivity index (χ3v) is 3.15. The number of carboxylic acids is 1. The highest BCUT2D eigenvalue weighted by Gasteiger charge is 2.24. The molecular formula is C13H15NO6. The van der Waals surface area contributed by atoms with Gasteiger partial charge in [-0.15, -0.1) is 0 Å². The number of carbonyl (C=O) groups is 1. The Labute approximate surface area is 115 Å². The van der Waals surface area contributed by atoms with Crippen LogP contribution in [-0.2, 0) is 4.74 Å². The molecule has 0 saturated carbocycles. The molecule has 1 aromatic rings. The van der Waals surface area contributed by atoms with E-state index in [1.807, 2.05) is 6.92 Å². The van der Waals surface area contributed by atoms with Crippen LogP contribution in [0.4, 0.5) is 5.69 Å². The third kappa shape index (κ3) is 3.24. The van der Waals surface area contributed by atoms with Crippen LogP contribution in [0.5, 0.6) is 5.75 Å². The van der Waals surface area contributed by atoms with E-state index in [1.54, 1.807) is 0 Å². The summed E-state index contributed by atoms with van der Waals surface area (Å²) >= 11 is 0. The van der Waals surface area contributed by atoms with Crippen molar-refractivity contribution in [3.05, 3.63) is 33.9 Å². The van der Waals surface area contributed by atoms with E-state index in [4.69, 9.17) is 14.6 Å². The van der Waals surface area contributed by atoms with Gasteiger partial charge in [0.05, 0.1) is 22.7 Å². The monoisotopic (exact) mass is 281 g/mol. The van der Waals surface area contributed by atoms with Crippen molar-refractivity contribution in [1.82, 2.24) is 0 Å². The molecule has 0 aromatic heterocycles. The van der Waals surface area contributed by atoms with E-state index in [1.165, 1.54) is 12.1 Å². The molecule has 0 aliphatic carbocycles. The van der Waals surface area contributed by atoms with Gasteiger partial charge in [-0.1, -0.05) is 0 Å². The van der Waals surface area contributed by atoms with Crippen LogP contribution in [0.1, 0.15) is 30.1 Å². The number of benzene rings is 1. The van der Waals surface area contributed by atoms with Gasteiger partial charge < -0.3 is 14.6 Å². The number of nitro benzene ring substituents is 1. The van der Waals surface area contributed by atoms with Gasteiger partial charge in [0.1, 0.15) is 6.61 Å². The van der Waals surface area contributed by atoms with Gasteiger partial charge in [-0.25, -0.2) is 4.79 Å². The minimum absolute atomic E-state index is 0.0585. The molecule has 108 valence electrons. The molecular weight excluding hydrogens is 266 g/mol. The minimum atomic E-state index is -1.22. The molecule has 1 N–H and O–H groups in total. The molecule has 7 nitrogen and oxygen atoms in total. The van der Waals surface area contributed by atoms with E-state index in [0.29, 0.717) is 0 Å². The number of rotatable bonds is 5. The molecule has 0 spiro atoms. The molecule has 2 rings (SSSR count). The predicted molar refractivity (Wildman–Crippen MR) is 69.1 cm³/mol. The number of carboxylic acid groups (broad SMARTS) is 1. The van der Waals surface area contributed by atoms with Crippen LogP contribution < -0.4 is 4.74 Å². The lowest BCUT2D eigenvalue weighted by Crippen LogP contribution is -2.18. The number of nitro groups is 1. The van der Waals surface area contributed by atoms with E-state index in [0.717, 1.165) is 18.9 Å². The number of hydrogen-bond acceptors (Lipinski definition) is 5. The van der Waals surface area contributed by atoms with Crippen LogP contribution in [-0.4, -0.2) is 34.8 Å². The summed E-state index contributed by atoms with van der Waals surface area (Å²) in [4.78, 5) is 21.1. The highest BCUT2D eigenvalue weighted by Crippen LogP contribution is 2.29. The lowest BCUT2D eigenvalue weighted by atomic mass is 10.2. The van der Waals surface area contributed by atoms with Crippen LogP contribution in [0, 0.1) is 10.1 Å². The second-order valence-electron chi connectivity index (χ2n) is 4.70. The molecule has 20 heavy (non-hydrogen) atoms. The average Bonchev–Trinajstić information content (AvgIpc) is 2.81. The highest BCUT2D eigenvalue weighted by atomic mass is 16.6. The van der Waals surface area contributed by atoms with E-state index in [-0.39, 0.29) is 35.8 Å². The van der Waals surface area contributed by atoms with Crippen molar-refractivity contribution in [2.24, 2.45) is 0 Å². The van der Waals surface area contributed by atoms with Gasteiger partial charge in [0.15, 0.2) is 5.75 Å². The molecule has 1 aromatic carbocycles. The molecule has 2 unspecified atom stereocenters. The quantitative estimate of drug-likeness (QED) is 0.656. The van der Waals surface area contributed by atoms with Gasteiger partial charge in [-0.05, 0) is 31.9 Å². The fraction of sp³-hybridized carbons (Fsp3) is 0.462. The van der Waals surface area contributed by atoms with Gasteiger partial charge in [-0.3, -0.25) is 10.1 Å². The van der Waals surface area contributed by atoms with Crippen molar-refractivity contribution in [1.29, 1.82) is 0 Å². The lowest BCUT2D eigenvalue weighted by Gasteiger charge is -2.12. The van der Waals surface area contributed by atoms with E-state index in [9.17, 15) is 14.9 Å². The maximum atomic E-state index is 10.9. The van der Waals surface area contributed by atoms with E-state index < -0.39 is 10.9 Å². The Balaban J connectivity index is 2.10. The Kier molecular flexibility index (Phi) is 4.19. The van der Waals surface area contributed by atoms with Crippen molar-refractivity contribution < 1.29 is 24.3 Å². The number of aromatic carboxylic acids is 1. The molecule has 1 saturated heterocycles. The van der Waals surface area contributed by atoms with Gasteiger partial charge in [-0.2, -0.15) is 0 Å². The standard InChI is InChI=1S/C13H15NO6/c1-8-2-4-10(20-8)7-19-12-5-3-9(13(15)16)6-11(12)14(17)18/h3,5-6,8,10H,2,4,7H2,1H3,(H,15,16). The summed E-state index contributed by atoms with van der Waals surface area (Å²) in [5.41, 5.74) is -0.495. The Hall–Kier alpha value is -2.15. The molecule has 1 aliphatic heterocycles. The summed E-state index contributed by atoms with van der Waals surface area (Å²) in [6, 6.07) is 3.58. The molecule has 1 heterocycles. The van der Waals surface area contributed by atoms with E-state index >= 15 is 0 Å². The highest BCUT2D eigenvalue weighted by molar-refractivity contribution is 5.88. The van der Waals surface area contributed by atoms with Gasteiger partial charge >= 0.3 is 11.7 Å².